The van der Waals surface area contributed by atoms with Crippen LogP contribution >= 0.6 is 0 Å². The zero-order valence-corrected chi connectivity index (χ0v) is 62.5. The summed E-state index contributed by atoms with van der Waals surface area (Å²) in [7, 11) is 0. The standard InChI is InChI=1S/C102H77BN6O2/c1-100(2,3)60-40-46-71-77-30-22-36-85(98(77)106(87(71)52-60)65-42-48-75-73-28-14-20-38-93(73)110-95(75)58-65)108-89-56-63(104-81-32-16-10-24-67(81)68-25-11-17-33-82(68)104)44-50-79(89)103-80-51-45-64(105-83-34-18-12-26-69(83)70-27-13-19-35-84(70)105)57-90(80)109(92-55-62(102(7,8)9)54-91(108)97(92)103)86-37-23-31-78-72-47-41-61(101(4,5)6)53-88(72)107(99(78)86)66-43-49-76-74-29-15-21-39-94(74)111-96(76)59-66/h10-59H,1-9H3/i22D,23D,30D,31D,36D,37D,40D,41D,46D,47D,52D,53D. The summed E-state index contributed by atoms with van der Waals surface area (Å²) in [4.78, 5) is 4.12. The van der Waals surface area contributed by atoms with E-state index >= 15 is 0 Å². The molecule has 0 radical (unpaired) electrons. The van der Waals surface area contributed by atoms with Crippen LogP contribution in [0.2, 0.25) is 0 Å². The Morgan fingerprint density at radius 2 is 0.622 bits per heavy atom. The molecule has 0 atom stereocenters. The molecule has 0 saturated carbocycles. The Morgan fingerprint density at radius 3 is 1.02 bits per heavy atom. The average molecular weight is 1440 g/mol. The predicted molar refractivity (Wildman–Crippen MR) is 468 cm³/mol. The van der Waals surface area contributed by atoms with Crippen molar-refractivity contribution in [3.05, 3.63) is 320 Å². The first-order valence-corrected chi connectivity index (χ1v) is 38.0. The van der Waals surface area contributed by atoms with E-state index in [9.17, 15) is 16.4 Å². The summed E-state index contributed by atoms with van der Waals surface area (Å²) in [5, 5.41) is 7.88. The molecule has 0 spiro atoms. The van der Waals surface area contributed by atoms with E-state index in [0.29, 0.717) is 73.0 Å². The average Bonchev–Trinajstić information content (AvgIpc) is 1.64. The lowest BCUT2D eigenvalue weighted by Crippen LogP contribution is -2.61. The molecule has 9 heteroatoms. The van der Waals surface area contributed by atoms with Gasteiger partial charge in [0.15, 0.2) is 0 Å². The maximum Gasteiger partial charge on any atom is 0.252 e. The number of para-hydroxylation sites is 8. The van der Waals surface area contributed by atoms with Crippen molar-refractivity contribution in [1.29, 1.82) is 0 Å². The third-order valence-electron chi connectivity index (χ3n) is 23.4. The Bertz CT molecular complexity index is 7830. The molecule has 111 heavy (non-hydrogen) atoms. The summed E-state index contributed by atoms with van der Waals surface area (Å²) in [6.45, 7) is 17.2. The number of fused-ring (bicyclic) bond motifs is 22. The highest BCUT2D eigenvalue weighted by atomic mass is 16.3. The predicted octanol–water partition coefficient (Wildman–Crippen LogP) is 25.8. The molecule has 0 fully saturated rings. The van der Waals surface area contributed by atoms with Crippen LogP contribution in [0.3, 0.4) is 0 Å². The largest absolute Gasteiger partial charge is 0.456 e. The molecule has 23 rings (SSSR count). The molecule has 8 nitrogen and oxygen atoms in total. The first-order chi connectivity index (χ1) is 59.0. The fraction of sp³-hybridized carbons (Fsp3) is 0.118. The van der Waals surface area contributed by atoms with Crippen LogP contribution in [-0.2, 0) is 16.2 Å². The lowest BCUT2D eigenvalue weighted by atomic mass is 9.33. The van der Waals surface area contributed by atoms with E-state index in [4.69, 9.17) is 8.83 Å². The van der Waals surface area contributed by atoms with Gasteiger partial charge in [-0.15, -0.1) is 0 Å². The molecule has 0 N–H and O–H groups in total. The summed E-state index contributed by atoms with van der Waals surface area (Å²) in [5.74, 6) is 0. The van der Waals surface area contributed by atoms with Gasteiger partial charge < -0.3 is 36.9 Å². The lowest BCUT2D eigenvalue weighted by molar-refractivity contribution is 0.590. The van der Waals surface area contributed by atoms with E-state index in [2.05, 4.69) is 137 Å². The normalized spacial score (nSPS) is 14.9. The van der Waals surface area contributed by atoms with E-state index in [0.717, 1.165) is 93.0 Å². The fourth-order valence-corrected chi connectivity index (χ4v) is 18.1. The molecule has 0 bridgehead atoms. The minimum Gasteiger partial charge on any atom is -0.456 e. The highest BCUT2D eigenvalue weighted by molar-refractivity contribution is 7.00. The molecule has 6 aromatic heterocycles. The summed E-state index contributed by atoms with van der Waals surface area (Å²) < 4.78 is 148. The van der Waals surface area contributed by atoms with Crippen LogP contribution in [0.25, 0.3) is 154 Å². The van der Waals surface area contributed by atoms with Crippen molar-refractivity contribution >= 4 is 188 Å². The number of benzene rings is 15. The van der Waals surface area contributed by atoms with Crippen molar-refractivity contribution in [2.45, 2.75) is 78.6 Å². The van der Waals surface area contributed by atoms with E-state index in [1.165, 1.54) is 0 Å². The van der Waals surface area contributed by atoms with Crippen molar-refractivity contribution in [3.8, 4) is 22.7 Å². The van der Waals surface area contributed by atoms with Gasteiger partial charge in [-0.2, -0.15) is 0 Å². The summed E-state index contributed by atoms with van der Waals surface area (Å²) in [6, 6.07) is 74.4. The molecule has 21 aromatic rings. The minimum absolute atomic E-state index is 0.0567. The zero-order valence-electron chi connectivity index (χ0n) is 74.5. The third-order valence-corrected chi connectivity index (χ3v) is 23.4. The number of rotatable bonds is 6. The van der Waals surface area contributed by atoms with Gasteiger partial charge >= 0.3 is 0 Å². The van der Waals surface area contributed by atoms with Gasteiger partial charge in [0.1, 0.15) is 22.3 Å². The monoisotopic (exact) mass is 1440 g/mol. The summed E-state index contributed by atoms with van der Waals surface area (Å²) in [6.07, 6.45) is 0. The molecule has 8 heterocycles. The van der Waals surface area contributed by atoms with Crippen LogP contribution in [0.4, 0.5) is 34.1 Å². The Balaban J connectivity index is 0.928. The van der Waals surface area contributed by atoms with Crippen LogP contribution in [0.1, 0.15) is 95.5 Å². The second-order valence-electron chi connectivity index (χ2n) is 33.1. The molecule has 0 aliphatic carbocycles. The fourth-order valence-electron chi connectivity index (χ4n) is 18.1. The molecule has 0 amide bonds. The highest BCUT2D eigenvalue weighted by Crippen LogP contribution is 2.53. The number of anilines is 6. The zero-order chi connectivity index (χ0) is 84.8. The number of hydrogen-bond acceptors (Lipinski definition) is 4. The summed E-state index contributed by atoms with van der Waals surface area (Å²) >= 11 is 0. The number of nitrogens with zero attached hydrogens (tertiary/aromatic N) is 6. The SMILES string of the molecule is [2H]c1c(C(C)(C)C)c([2H])c2c(c1[2H])c1c([2H])c([2H])c([2H])c(N3c4cc(-n5c6ccccc6c6ccccc65)ccc4B4c5ccc(-n6c7ccccc7c7ccccc76)cc5N(c5c([2H])c([2H])c([2H])c6c7c([2H])c([2H])c(C(C)(C)C)c([2H])c7n(-c7ccc8c(c7)oc7ccccc78)c56)c5cc(C(C)(C)C)cc3c54)c1n2-c1ccc2c(c1)oc1ccccc12. The van der Waals surface area contributed by atoms with Gasteiger partial charge in [0.05, 0.1) is 83.3 Å². The van der Waals surface area contributed by atoms with Gasteiger partial charge in [-0.05, 0) is 171 Å². The summed E-state index contributed by atoms with van der Waals surface area (Å²) in [5.41, 5.74) is 12.8. The second kappa shape index (κ2) is 22.7. The molecule has 0 saturated heterocycles. The topological polar surface area (TPSA) is 52.5 Å². The van der Waals surface area contributed by atoms with Crippen LogP contribution < -0.4 is 26.2 Å². The van der Waals surface area contributed by atoms with Gasteiger partial charge in [0.2, 0.25) is 0 Å². The first kappa shape index (κ1) is 52.7. The quantitative estimate of drug-likeness (QED) is 0.156. The number of aromatic nitrogens is 4. The van der Waals surface area contributed by atoms with Crippen molar-refractivity contribution in [2.24, 2.45) is 0 Å². The van der Waals surface area contributed by atoms with Crippen molar-refractivity contribution in [1.82, 2.24) is 18.3 Å². The molecule has 2 aliphatic rings. The lowest BCUT2D eigenvalue weighted by Gasteiger charge is -2.45. The second-order valence-corrected chi connectivity index (χ2v) is 33.1. The highest BCUT2D eigenvalue weighted by Gasteiger charge is 2.46. The van der Waals surface area contributed by atoms with Crippen LogP contribution in [0, 0.1) is 0 Å². The van der Waals surface area contributed by atoms with Gasteiger partial charge in [-0.1, -0.05) is 232 Å². The van der Waals surface area contributed by atoms with Gasteiger partial charge in [-0.25, -0.2) is 0 Å². The molecular weight excluding hydrogens is 1350 g/mol. The Morgan fingerprint density at radius 1 is 0.270 bits per heavy atom. The van der Waals surface area contributed by atoms with Crippen molar-refractivity contribution in [2.75, 3.05) is 9.80 Å². The molecular formula is C102H77BN6O2. The van der Waals surface area contributed by atoms with Crippen molar-refractivity contribution < 1.29 is 25.3 Å². The van der Waals surface area contributed by atoms with Gasteiger partial charge in [0, 0.05) is 111 Å². The smallest absolute Gasteiger partial charge is 0.252 e. The van der Waals surface area contributed by atoms with E-state index in [-0.39, 0.29) is 115 Å². The Labute approximate surface area is 659 Å². The maximum atomic E-state index is 11.2. The van der Waals surface area contributed by atoms with Crippen LogP contribution in [-0.4, -0.2) is 25.0 Å². The molecule has 2 aliphatic heterocycles. The Kier molecular flexibility index (Phi) is 10.8. The molecule has 0 unspecified atom stereocenters. The number of hydrogen-bond donors (Lipinski definition) is 0. The van der Waals surface area contributed by atoms with Crippen LogP contribution in [0.15, 0.2) is 312 Å². The van der Waals surface area contributed by atoms with E-state index < -0.39 is 35.0 Å². The van der Waals surface area contributed by atoms with E-state index in [1.807, 2.05) is 184 Å². The first-order valence-electron chi connectivity index (χ1n) is 44.0. The van der Waals surface area contributed by atoms with Crippen molar-refractivity contribution in [3.63, 3.8) is 0 Å². The molecule has 530 valence electrons. The maximum absolute atomic E-state index is 11.2. The number of furan rings is 2. The van der Waals surface area contributed by atoms with Crippen LogP contribution in [0.5, 0.6) is 0 Å². The van der Waals surface area contributed by atoms with E-state index in [1.54, 1.807) is 0 Å². The van der Waals surface area contributed by atoms with Gasteiger partial charge in [-0.3, -0.25) is 0 Å². The minimum atomic E-state index is -0.867. The third kappa shape index (κ3) is 9.12. The molecule has 15 aromatic carbocycles. The van der Waals surface area contributed by atoms with Gasteiger partial charge in [0.25, 0.3) is 6.71 Å². The Hall–Kier alpha value is -13.2.